The minimum absolute atomic E-state index is 0.0660. The predicted molar refractivity (Wildman–Crippen MR) is 191 cm³/mol. The maximum atomic E-state index is 14.6. The maximum absolute atomic E-state index is 14.6. The number of methoxy groups -OCH3 is 1. The van der Waals surface area contributed by atoms with E-state index in [0.29, 0.717) is 40.2 Å². The molecule has 2 aromatic rings. The van der Waals surface area contributed by atoms with Crippen LogP contribution in [0.2, 0.25) is 0 Å². The summed E-state index contributed by atoms with van der Waals surface area (Å²) < 4.78 is 23.6. The molecule has 1 aromatic carbocycles. The van der Waals surface area contributed by atoms with E-state index in [1.165, 1.54) is 11.3 Å². The monoisotopic (exact) mass is 690 g/mol. The fraction of sp³-hybridized carbons (Fsp3) is 0.615. The molecule has 2 saturated carbocycles. The van der Waals surface area contributed by atoms with Gasteiger partial charge < -0.3 is 29.2 Å². The van der Waals surface area contributed by atoms with E-state index in [4.69, 9.17) is 23.9 Å². The third-order valence-corrected chi connectivity index (χ3v) is 10.3. The van der Waals surface area contributed by atoms with Gasteiger partial charge in [0.05, 0.1) is 31.3 Å². The van der Waals surface area contributed by atoms with Crippen molar-refractivity contribution < 1.29 is 33.3 Å². The summed E-state index contributed by atoms with van der Waals surface area (Å²) in [5.74, 6) is 1.09. The van der Waals surface area contributed by atoms with Crippen LogP contribution in [0.1, 0.15) is 79.3 Å². The topological polar surface area (TPSA) is 129 Å². The first kappa shape index (κ1) is 37.1. The summed E-state index contributed by atoms with van der Waals surface area (Å²) in [5, 5.41) is 2.91. The summed E-state index contributed by atoms with van der Waals surface area (Å²) in [6.07, 6.45) is 7.04. The molecule has 2 heterocycles. The van der Waals surface area contributed by atoms with Gasteiger partial charge in [-0.25, -0.2) is 19.6 Å². The lowest BCUT2D eigenvalue weighted by molar-refractivity contribution is -0.156. The Kier molecular flexibility index (Phi) is 11.4. The number of rotatable bonds is 14. The molecule has 1 aromatic heterocycles. The molecule has 11 heteroatoms. The van der Waals surface area contributed by atoms with Crippen molar-refractivity contribution in [3.8, 4) is 11.6 Å². The van der Waals surface area contributed by atoms with E-state index in [-0.39, 0.29) is 31.1 Å². The lowest BCUT2D eigenvalue weighted by Crippen LogP contribution is -2.57. The Hall–Kier alpha value is -4.15. The van der Waals surface area contributed by atoms with Crippen LogP contribution in [0.3, 0.4) is 0 Å². The molecule has 1 saturated heterocycles. The van der Waals surface area contributed by atoms with Gasteiger partial charge in [0.15, 0.2) is 0 Å². The van der Waals surface area contributed by atoms with Gasteiger partial charge in [-0.15, -0.1) is 6.58 Å². The van der Waals surface area contributed by atoms with Crippen molar-refractivity contribution in [1.82, 2.24) is 20.2 Å². The Morgan fingerprint density at radius 2 is 1.86 bits per heavy atom. The van der Waals surface area contributed by atoms with Gasteiger partial charge in [-0.3, -0.25) is 4.79 Å². The summed E-state index contributed by atoms with van der Waals surface area (Å²) >= 11 is 0. The second-order valence-electron chi connectivity index (χ2n) is 15.6. The van der Waals surface area contributed by atoms with Crippen LogP contribution < -0.4 is 14.8 Å². The van der Waals surface area contributed by atoms with Gasteiger partial charge in [0.25, 0.3) is 0 Å². The zero-order chi connectivity index (χ0) is 36.3. The second kappa shape index (κ2) is 15.4. The van der Waals surface area contributed by atoms with Crippen molar-refractivity contribution in [3.63, 3.8) is 0 Å². The number of unbranched alkanes of at least 4 members (excludes halogenated alkanes) is 1. The standard InChI is InChI=1S/C39H54N4O7/c1-10-12-13-14-26-27-17-24(27)18-31(26)50-38(46)42-34(39(6,7)8)36(44)43-20-32(23(5)33(43)37(45)48-21-22(3)4)49-35-28(11-2)40-29-16-15-25(47-9)19-30(29)41-35/h10-11,15-16,19,22-24,26-27,31-34H,1-2,12-14,17-18,20-21H2,3-9H3,(H,42,46)/t23-,24-,26+,27-,31+,32+,33+,34-/m1/s1. The minimum Gasteiger partial charge on any atom is -0.497 e. The summed E-state index contributed by atoms with van der Waals surface area (Å²) in [4.78, 5) is 52.6. The number of hydrogen-bond donors (Lipinski definition) is 1. The predicted octanol–water partition coefficient (Wildman–Crippen LogP) is 6.60. The van der Waals surface area contributed by atoms with Gasteiger partial charge in [0, 0.05) is 12.0 Å². The molecule has 3 aliphatic rings. The molecule has 2 amide bonds. The number of nitrogens with zero attached hydrogens (tertiary/aromatic N) is 3. The molecule has 5 rings (SSSR count). The quantitative estimate of drug-likeness (QED) is 0.133. The highest BCUT2D eigenvalue weighted by Crippen LogP contribution is 2.57. The molecular weight excluding hydrogens is 636 g/mol. The molecule has 3 fully saturated rings. The molecule has 1 N–H and O–H groups in total. The number of likely N-dealkylation sites (tertiary alicyclic amines) is 1. The zero-order valence-electron chi connectivity index (χ0n) is 30.6. The van der Waals surface area contributed by atoms with Gasteiger partial charge >= 0.3 is 12.1 Å². The summed E-state index contributed by atoms with van der Waals surface area (Å²) in [6, 6.07) is 3.44. The Morgan fingerprint density at radius 3 is 2.52 bits per heavy atom. The van der Waals surface area contributed by atoms with E-state index in [1.54, 1.807) is 31.4 Å². The number of aromatic nitrogens is 2. The zero-order valence-corrected chi connectivity index (χ0v) is 30.6. The van der Waals surface area contributed by atoms with E-state index < -0.39 is 47.5 Å². The van der Waals surface area contributed by atoms with Crippen LogP contribution in [0.5, 0.6) is 11.6 Å². The van der Waals surface area contributed by atoms with E-state index in [2.05, 4.69) is 23.5 Å². The number of carbonyl (C=O) groups is 3. The largest absolute Gasteiger partial charge is 0.497 e. The van der Waals surface area contributed by atoms with Gasteiger partial charge in [-0.05, 0) is 79.4 Å². The van der Waals surface area contributed by atoms with Crippen molar-refractivity contribution in [2.24, 2.45) is 35.0 Å². The fourth-order valence-corrected chi connectivity index (χ4v) is 7.48. The number of esters is 1. The first-order chi connectivity index (χ1) is 23.7. The molecule has 0 radical (unpaired) electrons. The highest BCUT2D eigenvalue weighted by atomic mass is 16.6. The van der Waals surface area contributed by atoms with E-state index in [1.807, 2.05) is 47.6 Å². The fourth-order valence-electron chi connectivity index (χ4n) is 7.48. The first-order valence-corrected chi connectivity index (χ1v) is 18.0. The highest BCUT2D eigenvalue weighted by Gasteiger charge is 2.55. The first-order valence-electron chi connectivity index (χ1n) is 18.0. The second-order valence-corrected chi connectivity index (χ2v) is 15.6. The van der Waals surface area contributed by atoms with Crippen molar-refractivity contribution in [2.45, 2.75) is 97.9 Å². The summed E-state index contributed by atoms with van der Waals surface area (Å²) in [7, 11) is 1.58. The average Bonchev–Trinajstić information content (AvgIpc) is 3.64. The molecule has 0 spiro atoms. The number of allylic oxidation sites excluding steroid dienone is 1. The summed E-state index contributed by atoms with van der Waals surface area (Å²) in [6.45, 7) is 19.4. The SMILES string of the molecule is C=CCCC[C@H]1[C@@H]2C[C@@H]2C[C@@H]1OC(=O)N[C@H](C(=O)N1C[C@H](Oc2nc3cc(OC)ccc3nc2C=C)[C@@H](C)[C@H]1C(=O)OCC(C)C)C(C)(C)C. The molecular formula is C39H54N4O7. The normalized spacial score (nSPS) is 26.2. The van der Waals surface area contributed by atoms with E-state index >= 15 is 0 Å². The van der Waals surface area contributed by atoms with Crippen LogP contribution in [0.4, 0.5) is 4.79 Å². The smallest absolute Gasteiger partial charge is 0.408 e. The number of amides is 2. The van der Waals surface area contributed by atoms with Gasteiger partial charge in [0.1, 0.15) is 35.7 Å². The number of fused-ring (bicyclic) bond motifs is 2. The highest BCUT2D eigenvalue weighted by molar-refractivity contribution is 5.91. The van der Waals surface area contributed by atoms with Crippen molar-refractivity contribution in [2.75, 3.05) is 20.3 Å². The molecule has 8 atom stereocenters. The molecule has 50 heavy (non-hydrogen) atoms. The minimum atomic E-state index is -0.979. The number of nitrogens with one attached hydrogen (secondary N) is 1. The maximum Gasteiger partial charge on any atom is 0.408 e. The summed E-state index contributed by atoms with van der Waals surface area (Å²) in [5.41, 5.74) is 0.936. The van der Waals surface area contributed by atoms with Crippen LogP contribution in [-0.4, -0.2) is 77.4 Å². The van der Waals surface area contributed by atoms with E-state index in [0.717, 1.165) is 25.7 Å². The van der Waals surface area contributed by atoms with Crippen LogP contribution in [0, 0.1) is 35.0 Å². The number of carbonyl (C=O) groups excluding carboxylic acids is 3. The van der Waals surface area contributed by atoms with Crippen LogP contribution >= 0.6 is 0 Å². The number of alkyl carbamates (subject to hydrolysis) is 1. The number of benzene rings is 1. The number of ether oxygens (including phenoxy) is 4. The van der Waals surface area contributed by atoms with Gasteiger partial charge in [-0.2, -0.15) is 0 Å². The Labute approximate surface area is 296 Å². The Balaban J connectivity index is 1.38. The van der Waals surface area contributed by atoms with Crippen LogP contribution in [0.15, 0.2) is 37.4 Å². The molecule has 11 nitrogen and oxygen atoms in total. The molecule has 272 valence electrons. The van der Waals surface area contributed by atoms with Gasteiger partial charge in [-0.1, -0.05) is 54.2 Å². The Bertz CT molecular complexity index is 1590. The van der Waals surface area contributed by atoms with Crippen molar-refractivity contribution >= 4 is 35.1 Å². The molecule has 0 bridgehead atoms. The molecule has 1 aliphatic heterocycles. The lowest BCUT2D eigenvalue weighted by Gasteiger charge is -2.35. The average molecular weight is 691 g/mol. The van der Waals surface area contributed by atoms with Crippen molar-refractivity contribution in [1.29, 1.82) is 0 Å². The molecule has 0 unspecified atom stereocenters. The number of hydrogen-bond acceptors (Lipinski definition) is 9. The third-order valence-electron chi connectivity index (χ3n) is 10.3. The van der Waals surface area contributed by atoms with E-state index in [9.17, 15) is 14.4 Å². The molecule has 2 aliphatic carbocycles. The van der Waals surface area contributed by atoms with Gasteiger partial charge in [0.2, 0.25) is 11.8 Å². The third kappa shape index (κ3) is 8.24. The lowest BCUT2D eigenvalue weighted by atomic mass is 9.85. The van der Waals surface area contributed by atoms with Crippen molar-refractivity contribution in [3.05, 3.63) is 43.1 Å². The van der Waals surface area contributed by atoms with Crippen LogP contribution in [-0.2, 0) is 19.1 Å². The Morgan fingerprint density at radius 1 is 1.10 bits per heavy atom. The van der Waals surface area contributed by atoms with Crippen LogP contribution in [0.25, 0.3) is 17.1 Å².